The maximum atomic E-state index is 2.44. The zero-order valence-corrected chi connectivity index (χ0v) is 26.7. The zero-order chi connectivity index (χ0) is 30.2. The van der Waals surface area contributed by atoms with Gasteiger partial charge in [0.05, 0.1) is 5.52 Å². The lowest BCUT2D eigenvalue weighted by Crippen LogP contribution is -2.05. The van der Waals surface area contributed by atoms with Crippen LogP contribution in [0, 0.1) is 13.8 Å². The van der Waals surface area contributed by atoms with E-state index < -0.39 is 0 Å². The second-order valence-electron chi connectivity index (χ2n) is 10.8. The van der Waals surface area contributed by atoms with Crippen molar-refractivity contribution in [2.45, 2.75) is 56.7 Å². The normalized spacial score (nSPS) is 12.1. The molecular weight excluding hydrogens is 539 g/mol. The maximum absolute atomic E-state index is 2.44. The minimum absolute atomic E-state index is 0.290. The minimum Gasteiger partial charge on any atom is -0.313 e. The van der Waals surface area contributed by atoms with Crippen LogP contribution in [0.15, 0.2) is 149 Å². The SMILES string of the molecule is C/C(=C\c1c(C)n(-c2ccccc2)c2ccc(Sc3cccc(C)c3)cc12)C(Cc1ccccc1)c1ccccc1.CC. The van der Waals surface area contributed by atoms with E-state index in [2.05, 4.69) is 165 Å². The Morgan fingerprint density at radius 1 is 0.698 bits per heavy atom. The molecule has 6 aromatic rings. The van der Waals surface area contributed by atoms with E-state index in [4.69, 9.17) is 0 Å². The van der Waals surface area contributed by atoms with E-state index in [0.29, 0.717) is 0 Å². The van der Waals surface area contributed by atoms with Crippen LogP contribution < -0.4 is 0 Å². The molecule has 5 aromatic carbocycles. The molecule has 0 N–H and O–H groups in total. The number of hydrogen-bond donors (Lipinski definition) is 0. The Hall–Kier alpha value is -4.27. The van der Waals surface area contributed by atoms with E-state index >= 15 is 0 Å². The van der Waals surface area contributed by atoms with E-state index in [1.807, 2.05) is 25.6 Å². The summed E-state index contributed by atoms with van der Waals surface area (Å²) in [6, 6.07) is 48.2. The largest absolute Gasteiger partial charge is 0.313 e. The van der Waals surface area contributed by atoms with Crippen molar-refractivity contribution >= 4 is 28.7 Å². The molecule has 1 atom stereocenters. The number of benzene rings is 5. The predicted octanol–water partition coefficient (Wildman–Crippen LogP) is 11.9. The first-order chi connectivity index (χ1) is 21.1. The first kappa shape index (κ1) is 30.2. The highest BCUT2D eigenvalue weighted by Crippen LogP contribution is 2.38. The van der Waals surface area contributed by atoms with E-state index in [1.165, 1.54) is 59.9 Å². The Labute approximate surface area is 261 Å². The average Bonchev–Trinajstić information content (AvgIpc) is 3.32. The highest BCUT2D eigenvalue weighted by atomic mass is 32.2. The van der Waals surface area contributed by atoms with Gasteiger partial charge >= 0.3 is 0 Å². The monoisotopic (exact) mass is 579 g/mol. The number of para-hydroxylation sites is 1. The summed E-state index contributed by atoms with van der Waals surface area (Å²) in [5, 5.41) is 1.29. The maximum Gasteiger partial charge on any atom is 0.0538 e. The summed E-state index contributed by atoms with van der Waals surface area (Å²) in [6.45, 7) is 10.7. The lowest BCUT2D eigenvalue weighted by atomic mass is 9.85. The van der Waals surface area contributed by atoms with Gasteiger partial charge in [0.1, 0.15) is 0 Å². The molecule has 1 unspecified atom stereocenters. The standard InChI is InChI=1S/C39H35NS.C2H6/c1-28-14-13-21-34(24-28)41-35-22-23-39-38(27-35)37(30(3)40(39)33-19-11-6-12-20-33)25-29(2)36(32-17-9-5-10-18-32)26-31-15-7-4-8-16-31;1-2/h4-25,27,36H,26H2,1-3H3;1-2H3/b29-25+;. The fraction of sp³-hybridized carbons (Fsp3) is 0.171. The smallest absolute Gasteiger partial charge is 0.0538 e. The lowest BCUT2D eigenvalue weighted by molar-refractivity contribution is 0.791. The Bertz CT molecular complexity index is 1800. The molecule has 0 amide bonds. The van der Waals surface area contributed by atoms with Gasteiger partial charge in [0.2, 0.25) is 0 Å². The van der Waals surface area contributed by atoms with Crippen molar-refractivity contribution in [3.63, 3.8) is 0 Å². The van der Waals surface area contributed by atoms with Crippen LogP contribution in [0.25, 0.3) is 22.7 Å². The van der Waals surface area contributed by atoms with Crippen molar-refractivity contribution in [3.05, 3.63) is 167 Å². The van der Waals surface area contributed by atoms with Gasteiger partial charge in [0.25, 0.3) is 0 Å². The number of allylic oxidation sites excluding steroid dienone is 1. The lowest BCUT2D eigenvalue weighted by Gasteiger charge is -2.19. The van der Waals surface area contributed by atoms with E-state index in [-0.39, 0.29) is 5.92 Å². The molecule has 43 heavy (non-hydrogen) atoms. The highest BCUT2D eigenvalue weighted by molar-refractivity contribution is 7.99. The summed E-state index contributed by atoms with van der Waals surface area (Å²) in [5.74, 6) is 0.290. The molecule has 0 saturated heterocycles. The molecule has 216 valence electrons. The van der Waals surface area contributed by atoms with Gasteiger partial charge in [-0.05, 0) is 80.8 Å². The molecule has 0 aliphatic heterocycles. The average molecular weight is 580 g/mol. The quantitative estimate of drug-likeness (QED) is 0.174. The molecule has 0 aliphatic carbocycles. The second kappa shape index (κ2) is 14.3. The summed E-state index contributed by atoms with van der Waals surface area (Å²) < 4.78 is 2.41. The first-order valence-electron chi connectivity index (χ1n) is 15.3. The molecule has 0 saturated carbocycles. The van der Waals surface area contributed by atoms with Crippen molar-refractivity contribution in [2.24, 2.45) is 0 Å². The number of nitrogens with zero attached hydrogens (tertiary/aromatic N) is 1. The van der Waals surface area contributed by atoms with Gasteiger partial charge < -0.3 is 4.57 Å². The fourth-order valence-corrected chi connectivity index (χ4v) is 6.77. The summed E-state index contributed by atoms with van der Waals surface area (Å²) >= 11 is 1.83. The molecule has 1 nitrogen and oxygen atoms in total. The van der Waals surface area contributed by atoms with E-state index in [9.17, 15) is 0 Å². The molecule has 1 heterocycles. The fourth-order valence-electron chi connectivity index (χ4n) is 5.80. The zero-order valence-electron chi connectivity index (χ0n) is 25.9. The molecule has 0 aliphatic rings. The summed E-state index contributed by atoms with van der Waals surface area (Å²) in [4.78, 5) is 2.52. The van der Waals surface area contributed by atoms with Gasteiger partial charge in [-0.15, -0.1) is 0 Å². The third kappa shape index (κ3) is 7.04. The van der Waals surface area contributed by atoms with Crippen molar-refractivity contribution in [2.75, 3.05) is 0 Å². The van der Waals surface area contributed by atoms with Crippen molar-refractivity contribution < 1.29 is 0 Å². The number of rotatable bonds is 8. The molecule has 1 aromatic heterocycles. The number of fused-ring (bicyclic) bond motifs is 1. The van der Waals surface area contributed by atoms with Crippen LogP contribution in [-0.2, 0) is 6.42 Å². The highest BCUT2D eigenvalue weighted by Gasteiger charge is 2.19. The molecule has 0 bridgehead atoms. The van der Waals surface area contributed by atoms with Gasteiger partial charge in [-0.1, -0.05) is 134 Å². The van der Waals surface area contributed by atoms with Crippen molar-refractivity contribution in [3.8, 4) is 5.69 Å². The predicted molar refractivity (Wildman–Crippen MR) is 188 cm³/mol. The third-order valence-corrected chi connectivity index (χ3v) is 8.85. The van der Waals surface area contributed by atoms with Gasteiger partial charge in [-0.3, -0.25) is 0 Å². The minimum atomic E-state index is 0.290. The Balaban J connectivity index is 0.00000180. The molecule has 2 heteroatoms. The van der Waals surface area contributed by atoms with Gasteiger partial charge in [-0.2, -0.15) is 0 Å². The second-order valence-corrected chi connectivity index (χ2v) is 12.0. The van der Waals surface area contributed by atoms with Crippen LogP contribution in [-0.4, -0.2) is 4.57 Å². The van der Waals surface area contributed by atoms with Crippen LogP contribution in [0.4, 0.5) is 0 Å². The van der Waals surface area contributed by atoms with Crippen molar-refractivity contribution in [1.82, 2.24) is 4.57 Å². The van der Waals surface area contributed by atoms with E-state index in [0.717, 1.165) is 6.42 Å². The number of aromatic nitrogens is 1. The number of hydrogen-bond acceptors (Lipinski definition) is 1. The third-order valence-electron chi connectivity index (χ3n) is 7.87. The van der Waals surface area contributed by atoms with Crippen LogP contribution >= 0.6 is 11.8 Å². The Morgan fingerprint density at radius 2 is 1.33 bits per heavy atom. The molecule has 0 fully saturated rings. The molecular formula is C41H41NS. The van der Waals surface area contributed by atoms with Crippen molar-refractivity contribution in [1.29, 1.82) is 0 Å². The van der Waals surface area contributed by atoms with Gasteiger partial charge in [-0.25, -0.2) is 0 Å². The molecule has 6 rings (SSSR count). The summed E-state index contributed by atoms with van der Waals surface area (Å²) in [7, 11) is 0. The molecule has 0 radical (unpaired) electrons. The first-order valence-corrected chi connectivity index (χ1v) is 16.1. The number of aryl methyl sites for hydroxylation is 1. The van der Waals surface area contributed by atoms with Gasteiger partial charge in [0.15, 0.2) is 0 Å². The molecule has 0 spiro atoms. The van der Waals surface area contributed by atoms with Gasteiger partial charge in [0, 0.05) is 38.0 Å². The Kier molecular flexibility index (Phi) is 10.0. The van der Waals surface area contributed by atoms with Crippen LogP contribution in [0.2, 0.25) is 0 Å². The summed E-state index contributed by atoms with van der Waals surface area (Å²) in [6.07, 6.45) is 3.41. The topological polar surface area (TPSA) is 4.93 Å². The Morgan fingerprint density at radius 3 is 2.00 bits per heavy atom. The summed E-state index contributed by atoms with van der Waals surface area (Å²) in [5.41, 5.74) is 10.3. The van der Waals surface area contributed by atoms with E-state index in [1.54, 1.807) is 0 Å². The van der Waals surface area contributed by atoms with Crippen LogP contribution in [0.3, 0.4) is 0 Å². The van der Waals surface area contributed by atoms with Crippen LogP contribution in [0.1, 0.15) is 54.6 Å². The van der Waals surface area contributed by atoms with Crippen LogP contribution in [0.5, 0.6) is 0 Å².